The van der Waals surface area contributed by atoms with Gasteiger partial charge in [-0.15, -0.1) is 0 Å². The molecule has 132 valence electrons. The summed E-state index contributed by atoms with van der Waals surface area (Å²) in [5.41, 5.74) is 1.71. The van der Waals surface area contributed by atoms with Crippen molar-refractivity contribution >= 4 is 39.1 Å². The van der Waals surface area contributed by atoms with Crippen molar-refractivity contribution in [3.8, 4) is 5.75 Å². The first-order valence-corrected chi connectivity index (χ1v) is 8.88. The Morgan fingerprint density at radius 3 is 2.56 bits per heavy atom. The molecule has 6 heteroatoms. The molecule has 25 heavy (non-hydrogen) atoms. The molecule has 0 bridgehead atoms. The van der Waals surface area contributed by atoms with Crippen molar-refractivity contribution in [1.29, 1.82) is 0 Å². The van der Waals surface area contributed by atoms with Crippen LogP contribution in [-0.2, 0) is 4.79 Å². The van der Waals surface area contributed by atoms with Crippen LogP contribution >= 0.6 is 15.9 Å². The number of halogens is 1. The number of benzene rings is 2. The summed E-state index contributed by atoms with van der Waals surface area (Å²) < 4.78 is 6.05. The van der Waals surface area contributed by atoms with Crippen molar-refractivity contribution in [2.75, 3.05) is 17.7 Å². The summed E-state index contributed by atoms with van der Waals surface area (Å²) in [6.45, 7) is 2.04. The minimum atomic E-state index is -0.228. The van der Waals surface area contributed by atoms with Gasteiger partial charge >= 0.3 is 0 Å². The van der Waals surface area contributed by atoms with Gasteiger partial charge in [0.05, 0.1) is 18.4 Å². The average molecular weight is 405 g/mol. The number of carbonyl (C=O) groups is 2. The van der Waals surface area contributed by atoms with E-state index in [9.17, 15) is 9.59 Å². The molecule has 0 radical (unpaired) electrons. The summed E-state index contributed by atoms with van der Waals surface area (Å²) in [6.07, 6.45) is 2.28. The molecule has 0 fully saturated rings. The third-order valence-corrected chi connectivity index (χ3v) is 4.30. The van der Waals surface area contributed by atoms with Crippen LogP contribution in [0.5, 0.6) is 5.75 Å². The summed E-state index contributed by atoms with van der Waals surface area (Å²) in [5, 5.41) is 5.66. The van der Waals surface area contributed by atoms with Crippen LogP contribution in [0.3, 0.4) is 0 Å². The van der Waals surface area contributed by atoms with E-state index in [0.717, 1.165) is 17.3 Å². The van der Waals surface area contributed by atoms with Crippen LogP contribution in [0.2, 0.25) is 0 Å². The van der Waals surface area contributed by atoms with Crippen LogP contribution in [0.1, 0.15) is 36.5 Å². The first-order valence-electron chi connectivity index (χ1n) is 8.09. The molecule has 0 aliphatic carbocycles. The maximum Gasteiger partial charge on any atom is 0.256 e. The van der Waals surface area contributed by atoms with Gasteiger partial charge in [-0.3, -0.25) is 9.59 Å². The fourth-order valence-corrected chi connectivity index (χ4v) is 2.73. The van der Waals surface area contributed by atoms with Gasteiger partial charge in [-0.05, 0) is 46.6 Å². The Kier molecular flexibility index (Phi) is 7.01. The standard InChI is InChI=1S/C19H21BrN2O3/c1-3-4-9-18(23)22-16-11-10-13(12-17(16)25-2)21-19(24)14-7-5-6-8-15(14)20/h5-8,10-12H,3-4,9H2,1-2H3,(H,21,24)(H,22,23). The van der Waals surface area contributed by atoms with Gasteiger partial charge in [-0.1, -0.05) is 25.5 Å². The lowest BCUT2D eigenvalue weighted by molar-refractivity contribution is -0.116. The number of unbranched alkanes of at least 4 members (excludes halogenated alkanes) is 1. The van der Waals surface area contributed by atoms with Gasteiger partial charge in [-0.25, -0.2) is 0 Å². The SMILES string of the molecule is CCCCC(=O)Nc1ccc(NC(=O)c2ccccc2Br)cc1OC. The lowest BCUT2D eigenvalue weighted by atomic mass is 10.2. The fraction of sp³-hybridized carbons (Fsp3) is 0.263. The van der Waals surface area contributed by atoms with Crippen LogP contribution in [0.25, 0.3) is 0 Å². The third kappa shape index (κ3) is 5.32. The van der Waals surface area contributed by atoms with Gasteiger partial charge in [0.15, 0.2) is 0 Å². The molecular formula is C19H21BrN2O3. The second-order valence-corrected chi connectivity index (χ2v) is 6.36. The van der Waals surface area contributed by atoms with Crippen LogP contribution in [0.15, 0.2) is 46.9 Å². The quantitative estimate of drug-likeness (QED) is 0.693. The van der Waals surface area contributed by atoms with Gasteiger partial charge in [-0.2, -0.15) is 0 Å². The van der Waals surface area contributed by atoms with Gasteiger partial charge < -0.3 is 15.4 Å². The highest BCUT2D eigenvalue weighted by molar-refractivity contribution is 9.10. The molecule has 0 heterocycles. The molecule has 2 amide bonds. The second kappa shape index (κ2) is 9.22. The topological polar surface area (TPSA) is 67.4 Å². The van der Waals surface area contributed by atoms with Crippen LogP contribution < -0.4 is 15.4 Å². The molecule has 0 saturated carbocycles. The molecule has 2 rings (SSSR count). The van der Waals surface area contributed by atoms with E-state index in [1.165, 1.54) is 7.11 Å². The molecule has 2 N–H and O–H groups in total. The van der Waals surface area contributed by atoms with Gasteiger partial charge in [0.2, 0.25) is 5.91 Å². The van der Waals surface area contributed by atoms with Crippen molar-refractivity contribution < 1.29 is 14.3 Å². The zero-order valence-corrected chi connectivity index (χ0v) is 15.9. The van der Waals surface area contributed by atoms with Gasteiger partial charge in [0, 0.05) is 22.6 Å². The van der Waals surface area contributed by atoms with Gasteiger partial charge in [0.1, 0.15) is 5.75 Å². The predicted octanol–water partition coefficient (Wildman–Crippen LogP) is 4.84. The number of nitrogens with one attached hydrogen (secondary N) is 2. The Morgan fingerprint density at radius 2 is 1.88 bits per heavy atom. The first-order chi connectivity index (χ1) is 12.0. The van der Waals surface area contributed by atoms with Crippen LogP contribution in [-0.4, -0.2) is 18.9 Å². The Balaban J connectivity index is 2.11. The number of hydrogen-bond acceptors (Lipinski definition) is 3. The highest BCUT2D eigenvalue weighted by Gasteiger charge is 2.12. The number of rotatable bonds is 7. The third-order valence-electron chi connectivity index (χ3n) is 3.61. The van der Waals surface area contributed by atoms with E-state index < -0.39 is 0 Å². The maximum atomic E-state index is 12.4. The molecule has 5 nitrogen and oxygen atoms in total. The summed E-state index contributed by atoms with van der Waals surface area (Å²) >= 11 is 3.36. The van der Waals surface area contributed by atoms with E-state index in [4.69, 9.17) is 4.74 Å². The number of carbonyl (C=O) groups excluding carboxylic acids is 2. The van der Waals surface area contributed by atoms with Crippen LogP contribution in [0, 0.1) is 0 Å². The molecule has 2 aromatic rings. The number of ether oxygens (including phenoxy) is 1. The van der Waals surface area contributed by atoms with Crippen molar-refractivity contribution in [2.24, 2.45) is 0 Å². The zero-order chi connectivity index (χ0) is 18.2. The van der Waals surface area contributed by atoms with E-state index >= 15 is 0 Å². The lowest BCUT2D eigenvalue weighted by Gasteiger charge is -2.13. The van der Waals surface area contributed by atoms with E-state index in [1.807, 2.05) is 19.1 Å². The molecule has 0 saturated heterocycles. The van der Waals surface area contributed by atoms with E-state index in [2.05, 4.69) is 26.6 Å². The summed E-state index contributed by atoms with van der Waals surface area (Å²) in [7, 11) is 1.52. The number of amides is 2. The van der Waals surface area contributed by atoms with Gasteiger partial charge in [0.25, 0.3) is 5.91 Å². The van der Waals surface area contributed by atoms with Crippen molar-refractivity contribution in [2.45, 2.75) is 26.2 Å². The minimum absolute atomic E-state index is 0.0508. The molecule has 0 atom stereocenters. The maximum absolute atomic E-state index is 12.4. The van der Waals surface area contributed by atoms with E-state index in [-0.39, 0.29) is 11.8 Å². The largest absolute Gasteiger partial charge is 0.494 e. The fourth-order valence-electron chi connectivity index (χ4n) is 2.27. The average Bonchev–Trinajstić information content (AvgIpc) is 2.61. The number of hydrogen-bond donors (Lipinski definition) is 2. The summed E-state index contributed by atoms with van der Waals surface area (Å²) in [4.78, 5) is 24.2. The lowest BCUT2D eigenvalue weighted by Crippen LogP contribution is -2.14. The molecule has 0 aromatic heterocycles. The zero-order valence-electron chi connectivity index (χ0n) is 14.3. The second-order valence-electron chi connectivity index (χ2n) is 5.50. The Morgan fingerprint density at radius 1 is 1.12 bits per heavy atom. The predicted molar refractivity (Wildman–Crippen MR) is 103 cm³/mol. The molecule has 0 aliphatic rings. The minimum Gasteiger partial charge on any atom is -0.494 e. The highest BCUT2D eigenvalue weighted by atomic mass is 79.9. The summed E-state index contributed by atoms with van der Waals surface area (Å²) in [5.74, 6) is 0.217. The van der Waals surface area contributed by atoms with E-state index in [0.29, 0.717) is 29.1 Å². The molecule has 2 aromatic carbocycles. The smallest absolute Gasteiger partial charge is 0.256 e. The van der Waals surface area contributed by atoms with Crippen molar-refractivity contribution in [3.05, 3.63) is 52.5 Å². The monoisotopic (exact) mass is 404 g/mol. The molecule has 0 unspecified atom stereocenters. The summed E-state index contributed by atoms with van der Waals surface area (Å²) in [6, 6.07) is 12.3. The van der Waals surface area contributed by atoms with Crippen LogP contribution in [0.4, 0.5) is 11.4 Å². The van der Waals surface area contributed by atoms with E-state index in [1.54, 1.807) is 30.3 Å². The first kappa shape index (κ1) is 19.0. The van der Waals surface area contributed by atoms with Crippen molar-refractivity contribution in [1.82, 2.24) is 0 Å². The Labute approximate surface area is 155 Å². The molecular weight excluding hydrogens is 384 g/mol. The van der Waals surface area contributed by atoms with Crippen molar-refractivity contribution in [3.63, 3.8) is 0 Å². The number of anilines is 2. The normalized spacial score (nSPS) is 10.2. The molecule has 0 spiro atoms. The Hall–Kier alpha value is -2.34. The molecule has 0 aliphatic heterocycles. The number of methoxy groups -OCH3 is 1. The Bertz CT molecular complexity index is 762. The highest BCUT2D eigenvalue weighted by Crippen LogP contribution is 2.29.